The molecule has 142 valence electrons. The second kappa shape index (κ2) is 7.58. The molecule has 0 unspecified atom stereocenters. The van der Waals surface area contributed by atoms with Crippen molar-refractivity contribution in [2.24, 2.45) is 5.73 Å². The lowest BCUT2D eigenvalue weighted by atomic mass is 10.1. The number of nitrogens with one attached hydrogen (secondary N) is 1. The fourth-order valence-electron chi connectivity index (χ4n) is 2.91. The molecule has 0 aliphatic carbocycles. The fourth-order valence-corrected chi connectivity index (χ4v) is 4.82. The Balaban J connectivity index is 1.92. The van der Waals surface area contributed by atoms with Gasteiger partial charge in [0.25, 0.3) is 11.8 Å². The van der Waals surface area contributed by atoms with Crippen molar-refractivity contribution in [1.29, 1.82) is 0 Å². The molecule has 1 aliphatic rings. The Morgan fingerprint density at radius 3 is 2.56 bits per heavy atom. The highest BCUT2D eigenvalue weighted by atomic mass is 35.5. The molecule has 1 heterocycles. The first-order valence-corrected chi connectivity index (χ1v) is 10.3. The Morgan fingerprint density at radius 2 is 1.85 bits per heavy atom. The van der Waals surface area contributed by atoms with E-state index >= 15 is 0 Å². The molecule has 0 saturated carbocycles. The number of benzene rings is 2. The summed E-state index contributed by atoms with van der Waals surface area (Å²) in [5, 5.41) is 2.87. The summed E-state index contributed by atoms with van der Waals surface area (Å²) in [5.41, 5.74) is 6.26. The quantitative estimate of drug-likeness (QED) is 0.811. The van der Waals surface area contributed by atoms with Gasteiger partial charge in [0, 0.05) is 12.1 Å². The molecule has 9 heteroatoms. The number of carbonyl (C=O) groups is 2. The summed E-state index contributed by atoms with van der Waals surface area (Å²) in [4.78, 5) is 24.1. The van der Waals surface area contributed by atoms with Gasteiger partial charge in [-0.15, -0.1) is 0 Å². The van der Waals surface area contributed by atoms with Gasteiger partial charge in [-0.1, -0.05) is 23.7 Å². The van der Waals surface area contributed by atoms with Crippen LogP contribution in [0.5, 0.6) is 0 Å². The monoisotopic (exact) mass is 407 g/mol. The maximum absolute atomic E-state index is 12.6. The first-order valence-electron chi connectivity index (χ1n) is 8.30. The number of nitrogens with zero attached hydrogens (tertiary/aromatic N) is 1. The van der Waals surface area contributed by atoms with E-state index in [-0.39, 0.29) is 33.3 Å². The number of primary amides is 1. The van der Waals surface area contributed by atoms with Crippen LogP contribution in [0, 0.1) is 0 Å². The van der Waals surface area contributed by atoms with Gasteiger partial charge in [0.1, 0.15) is 0 Å². The number of hydrogen-bond donors (Lipinski definition) is 2. The van der Waals surface area contributed by atoms with Gasteiger partial charge >= 0.3 is 0 Å². The fraction of sp³-hybridized carbons (Fsp3) is 0.222. The van der Waals surface area contributed by atoms with Gasteiger partial charge in [0.05, 0.1) is 27.7 Å². The van der Waals surface area contributed by atoms with E-state index in [0.29, 0.717) is 13.0 Å². The lowest BCUT2D eigenvalue weighted by Crippen LogP contribution is -2.38. The number of sulfonamides is 1. The highest BCUT2D eigenvalue weighted by molar-refractivity contribution is 7.92. The maximum Gasteiger partial charge on any atom is 0.255 e. The Bertz CT molecular complexity index is 1010. The van der Waals surface area contributed by atoms with Crippen LogP contribution in [-0.2, 0) is 10.0 Å². The van der Waals surface area contributed by atoms with E-state index in [1.54, 1.807) is 18.2 Å². The average molecular weight is 408 g/mol. The molecule has 1 fully saturated rings. The Morgan fingerprint density at radius 1 is 1.11 bits per heavy atom. The highest BCUT2D eigenvalue weighted by Gasteiger charge is 2.28. The first-order chi connectivity index (χ1) is 12.8. The van der Waals surface area contributed by atoms with Gasteiger partial charge in [-0.25, -0.2) is 8.42 Å². The number of rotatable bonds is 4. The van der Waals surface area contributed by atoms with Crippen molar-refractivity contribution in [2.75, 3.05) is 21.9 Å². The Hall–Kier alpha value is -2.58. The molecule has 1 saturated heterocycles. The average Bonchev–Trinajstić information content (AvgIpc) is 2.62. The van der Waals surface area contributed by atoms with Crippen molar-refractivity contribution in [2.45, 2.75) is 12.8 Å². The van der Waals surface area contributed by atoms with Gasteiger partial charge < -0.3 is 11.1 Å². The van der Waals surface area contributed by atoms with Crippen molar-refractivity contribution in [3.05, 3.63) is 58.6 Å². The molecule has 1 aliphatic heterocycles. The zero-order valence-electron chi connectivity index (χ0n) is 14.3. The van der Waals surface area contributed by atoms with E-state index in [2.05, 4.69) is 5.32 Å². The number of halogens is 1. The van der Waals surface area contributed by atoms with Crippen LogP contribution in [0.4, 0.5) is 11.4 Å². The van der Waals surface area contributed by atoms with Crippen molar-refractivity contribution in [3.63, 3.8) is 0 Å². The minimum absolute atomic E-state index is 0.0474. The minimum Gasteiger partial charge on any atom is -0.366 e. The van der Waals surface area contributed by atoms with Crippen molar-refractivity contribution in [3.8, 4) is 0 Å². The van der Waals surface area contributed by atoms with E-state index in [4.69, 9.17) is 17.3 Å². The van der Waals surface area contributed by atoms with Crippen LogP contribution in [0.25, 0.3) is 0 Å². The van der Waals surface area contributed by atoms with Crippen LogP contribution in [0.1, 0.15) is 33.6 Å². The normalized spacial score (nSPS) is 16.0. The second-order valence-corrected chi connectivity index (χ2v) is 8.55. The predicted octanol–water partition coefficient (Wildman–Crippen LogP) is 2.62. The van der Waals surface area contributed by atoms with E-state index in [9.17, 15) is 18.0 Å². The molecule has 2 aromatic carbocycles. The zero-order chi connectivity index (χ0) is 19.6. The maximum atomic E-state index is 12.6. The molecule has 0 spiro atoms. The third-order valence-corrected chi connectivity index (χ3v) is 6.44. The van der Waals surface area contributed by atoms with E-state index in [1.165, 1.54) is 28.6 Å². The van der Waals surface area contributed by atoms with Gasteiger partial charge in [-0.3, -0.25) is 13.9 Å². The van der Waals surface area contributed by atoms with Crippen molar-refractivity contribution < 1.29 is 18.0 Å². The SMILES string of the molecule is NC(=O)c1ccccc1NC(=O)c1ccc(Cl)c(N2CCCCS2(=O)=O)c1. The summed E-state index contributed by atoms with van der Waals surface area (Å²) in [7, 11) is -3.46. The molecular formula is C18H18ClN3O4S. The van der Waals surface area contributed by atoms with Crippen LogP contribution in [0.2, 0.25) is 5.02 Å². The lowest BCUT2D eigenvalue weighted by Gasteiger charge is -2.29. The number of hydrogen-bond acceptors (Lipinski definition) is 4. The molecule has 27 heavy (non-hydrogen) atoms. The molecule has 2 amide bonds. The smallest absolute Gasteiger partial charge is 0.255 e. The molecule has 0 aromatic heterocycles. The topological polar surface area (TPSA) is 110 Å². The first kappa shape index (κ1) is 19.2. The van der Waals surface area contributed by atoms with E-state index in [0.717, 1.165) is 6.42 Å². The standard InChI is InChI=1S/C18H18ClN3O4S/c19-14-8-7-12(11-16(14)22-9-3-4-10-27(22,25)26)18(24)21-15-6-2-1-5-13(15)17(20)23/h1-2,5-8,11H,3-4,9-10H2,(H2,20,23)(H,21,24). The summed E-state index contributed by atoms with van der Waals surface area (Å²) in [6, 6.07) is 10.8. The second-order valence-electron chi connectivity index (χ2n) is 6.13. The van der Waals surface area contributed by atoms with Crippen molar-refractivity contribution >= 4 is 44.8 Å². The summed E-state index contributed by atoms with van der Waals surface area (Å²) in [6.45, 7) is 0.317. The lowest BCUT2D eigenvalue weighted by molar-refractivity contribution is 0.100. The predicted molar refractivity (Wildman–Crippen MR) is 105 cm³/mol. The van der Waals surface area contributed by atoms with Crippen LogP contribution >= 0.6 is 11.6 Å². The number of anilines is 2. The number of para-hydroxylation sites is 1. The van der Waals surface area contributed by atoms with Crippen LogP contribution in [0.3, 0.4) is 0 Å². The molecule has 3 N–H and O–H groups in total. The van der Waals surface area contributed by atoms with Crippen LogP contribution in [0.15, 0.2) is 42.5 Å². The van der Waals surface area contributed by atoms with Gasteiger partial charge in [-0.2, -0.15) is 0 Å². The molecule has 0 atom stereocenters. The Kier molecular flexibility index (Phi) is 5.38. The number of amides is 2. The molecule has 0 bridgehead atoms. The minimum atomic E-state index is -3.46. The van der Waals surface area contributed by atoms with E-state index in [1.807, 2.05) is 0 Å². The largest absolute Gasteiger partial charge is 0.366 e. The number of carbonyl (C=O) groups excluding carboxylic acids is 2. The third kappa shape index (κ3) is 4.06. The molecule has 2 aromatic rings. The van der Waals surface area contributed by atoms with E-state index < -0.39 is 21.8 Å². The van der Waals surface area contributed by atoms with Crippen LogP contribution in [-0.4, -0.2) is 32.5 Å². The zero-order valence-corrected chi connectivity index (χ0v) is 15.9. The summed E-state index contributed by atoms with van der Waals surface area (Å²) >= 11 is 6.19. The molecule has 7 nitrogen and oxygen atoms in total. The summed E-state index contributed by atoms with van der Waals surface area (Å²) < 4.78 is 25.9. The van der Waals surface area contributed by atoms with Gasteiger partial charge in [-0.05, 0) is 43.2 Å². The van der Waals surface area contributed by atoms with Crippen LogP contribution < -0.4 is 15.4 Å². The summed E-state index contributed by atoms with van der Waals surface area (Å²) in [6.07, 6.45) is 1.32. The summed E-state index contributed by atoms with van der Waals surface area (Å²) in [5.74, 6) is -1.12. The molecular weight excluding hydrogens is 390 g/mol. The van der Waals surface area contributed by atoms with Gasteiger partial charge in [0.15, 0.2) is 0 Å². The molecule has 0 radical (unpaired) electrons. The highest BCUT2D eigenvalue weighted by Crippen LogP contribution is 2.32. The van der Waals surface area contributed by atoms with Gasteiger partial charge in [0.2, 0.25) is 10.0 Å². The third-order valence-electron chi connectivity index (χ3n) is 4.27. The molecule has 3 rings (SSSR count). The number of nitrogens with two attached hydrogens (primary N) is 1. The Labute approximate surface area is 162 Å². The van der Waals surface area contributed by atoms with Crippen molar-refractivity contribution in [1.82, 2.24) is 0 Å².